The van der Waals surface area contributed by atoms with Gasteiger partial charge < -0.3 is 19.9 Å². The summed E-state index contributed by atoms with van der Waals surface area (Å²) in [5.41, 5.74) is 3.36. The Kier molecular flexibility index (Phi) is 9.92. The summed E-state index contributed by atoms with van der Waals surface area (Å²) in [6.07, 6.45) is 3.38. The number of hydrogen-bond donors (Lipinski definition) is 2. The fourth-order valence-corrected chi connectivity index (χ4v) is 3.86. The minimum atomic E-state index is -0.588. The van der Waals surface area contributed by atoms with E-state index in [9.17, 15) is 9.90 Å². The number of esters is 1. The van der Waals surface area contributed by atoms with Gasteiger partial charge in [0.15, 0.2) is 6.61 Å². The van der Waals surface area contributed by atoms with Gasteiger partial charge in [0.25, 0.3) is 0 Å². The predicted octanol–water partition coefficient (Wildman–Crippen LogP) is 4.27. The molecule has 0 radical (unpaired) electrons. The normalized spacial score (nSPS) is 16.6. The van der Waals surface area contributed by atoms with E-state index in [4.69, 9.17) is 21.1 Å². The van der Waals surface area contributed by atoms with Crippen molar-refractivity contribution in [3.8, 4) is 5.75 Å². The second-order valence-electron chi connectivity index (χ2n) is 7.30. The Bertz CT molecular complexity index is 831. The molecule has 1 aliphatic rings. The number of fused-ring (bicyclic) bond motifs is 1. The maximum absolute atomic E-state index is 11.5. The zero-order valence-electron chi connectivity index (χ0n) is 17.1. The van der Waals surface area contributed by atoms with Crippen LogP contribution < -0.4 is 10.1 Å². The smallest absolute Gasteiger partial charge is 0.344 e. The van der Waals surface area contributed by atoms with Crippen LogP contribution >= 0.6 is 24.0 Å². The lowest BCUT2D eigenvalue weighted by molar-refractivity contribution is -0.145. The second kappa shape index (κ2) is 12.2. The van der Waals surface area contributed by atoms with Crippen LogP contribution in [0.25, 0.3) is 0 Å². The first-order valence-electron chi connectivity index (χ1n) is 10.1. The maximum atomic E-state index is 11.5. The van der Waals surface area contributed by atoms with Crippen LogP contribution in [0.5, 0.6) is 5.75 Å². The van der Waals surface area contributed by atoms with Gasteiger partial charge >= 0.3 is 5.97 Å². The highest BCUT2D eigenvalue weighted by Crippen LogP contribution is 2.26. The summed E-state index contributed by atoms with van der Waals surface area (Å²) in [5.74, 6) is 0.338. The van der Waals surface area contributed by atoms with Crippen molar-refractivity contribution in [3.05, 3.63) is 64.2 Å². The lowest BCUT2D eigenvalue weighted by Crippen LogP contribution is -2.34. The van der Waals surface area contributed by atoms with Crippen LogP contribution in [0.1, 0.15) is 42.6 Å². The summed E-state index contributed by atoms with van der Waals surface area (Å²) in [5, 5.41) is 14.6. The number of ether oxygens (including phenoxy) is 2. The van der Waals surface area contributed by atoms with Gasteiger partial charge in [0.2, 0.25) is 0 Å². The van der Waals surface area contributed by atoms with E-state index in [2.05, 4.69) is 11.4 Å². The Labute approximate surface area is 189 Å². The predicted molar refractivity (Wildman–Crippen MR) is 121 cm³/mol. The van der Waals surface area contributed by atoms with Gasteiger partial charge in [0, 0.05) is 17.6 Å². The summed E-state index contributed by atoms with van der Waals surface area (Å²) in [6, 6.07) is 13.6. The summed E-state index contributed by atoms with van der Waals surface area (Å²) in [4.78, 5) is 11.5. The molecule has 2 unspecified atom stereocenters. The van der Waals surface area contributed by atoms with E-state index in [0.29, 0.717) is 30.0 Å². The van der Waals surface area contributed by atoms with Crippen LogP contribution in [0.4, 0.5) is 0 Å². The zero-order chi connectivity index (χ0) is 20.6. The van der Waals surface area contributed by atoms with Gasteiger partial charge in [-0.2, -0.15) is 0 Å². The SMILES string of the molecule is CCOC(=O)COc1ccc2c(c1)CCCC(NCC(O)c1cccc(Cl)c1)C2.Cl. The van der Waals surface area contributed by atoms with Crippen LogP contribution in [0.2, 0.25) is 5.02 Å². The molecule has 0 aliphatic heterocycles. The van der Waals surface area contributed by atoms with Crippen molar-refractivity contribution in [2.75, 3.05) is 19.8 Å². The first kappa shape index (κ1) is 24.5. The largest absolute Gasteiger partial charge is 0.482 e. The third-order valence-corrected chi connectivity index (χ3v) is 5.37. The lowest BCUT2D eigenvalue weighted by Gasteiger charge is -2.20. The molecule has 0 aromatic heterocycles. The van der Waals surface area contributed by atoms with E-state index in [1.165, 1.54) is 11.1 Å². The minimum Gasteiger partial charge on any atom is -0.482 e. The van der Waals surface area contributed by atoms with Crippen molar-refractivity contribution in [1.82, 2.24) is 5.32 Å². The van der Waals surface area contributed by atoms with Gasteiger partial charge in [0.1, 0.15) is 5.75 Å². The van der Waals surface area contributed by atoms with Crippen molar-refractivity contribution in [2.24, 2.45) is 0 Å². The molecule has 0 saturated heterocycles. The molecule has 1 aliphatic carbocycles. The topological polar surface area (TPSA) is 67.8 Å². The second-order valence-corrected chi connectivity index (χ2v) is 7.73. The molecular formula is C23H29Cl2NO4. The number of halogens is 2. The molecule has 0 saturated carbocycles. The molecule has 0 heterocycles. The van der Waals surface area contributed by atoms with E-state index in [0.717, 1.165) is 31.2 Å². The lowest BCUT2D eigenvalue weighted by atomic mass is 10.0. The Balaban J connectivity index is 0.00000320. The van der Waals surface area contributed by atoms with Gasteiger partial charge in [-0.15, -0.1) is 12.4 Å². The van der Waals surface area contributed by atoms with Crippen molar-refractivity contribution in [1.29, 1.82) is 0 Å². The quantitative estimate of drug-likeness (QED) is 0.461. The zero-order valence-corrected chi connectivity index (χ0v) is 18.7. The van der Waals surface area contributed by atoms with Gasteiger partial charge in [0.05, 0.1) is 12.7 Å². The fraction of sp³-hybridized carbons (Fsp3) is 0.435. The van der Waals surface area contributed by atoms with E-state index >= 15 is 0 Å². The van der Waals surface area contributed by atoms with Gasteiger partial charge in [-0.05, 0) is 73.6 Å². The van der Waals surface area contributed by atoms with E-state index in [1.807, 2.05) is 24.3 Å². The number of carbonyl (C=O) groups is 1. The standard InChI is InChI=1S/C23H28ClNO4.ClH/c1-2-28-23(27)15-29-21-10-9-17-12-20(8-4-5-16(17)13-21)25-14-22(26)18-6-3-7-19(24)11-18;/h3,6-7,9-11,13,20,22,25-26H,2,4-5,8,12,14-15H2,1H3;1H. The summed E-state index contributed by atoms with van der Waals surface area (Å²) >= 11 is 6.02. The van der Waals surface area contributed by atoms with Crippen molar-refractivity contribution < 1.29 is 19.4 Å². The molecule has 3 rings (SSSR count). The summed E-state index contributed by atoms with van der Waals surface area (Å²) in [6.45, 7) is 2.55. The summed E-state index contributed by atoms with van der Waals surface area (Å²) in [7, 11) is 0. The van der Waals surface area contributed by atoms with Gasteiger partial charge in [-0.25, -0.2) is 4.79 Å². The van der Waals surface area contributed by atoms with Gasteiger partial charge in [-0.1, -0.05) is 29.8 Å². The van der Waals surface area contributed by atoms with Crippen LogP contribution in [0.3, 0.4) is 0 Å². The first-order valence-corrected chi connectivity index (χ1v) is 10.5. The highest BCUT2D eigenvalue weighted by Gasteiger charge is 2.19. The first-order chi connectivity index (χ1) is 14.0. The highest BCUT2D eigenvalue weighted by atomic mass is 35.5. The number of hydrogen-bond acceptors (Lipinski definition) is 5. The van der Waals surface area contributed by atoms with Crippen LogP contribution in [-0.4, -0.2) is 36.9 Å². The number of rotatable bonds is 8. The van der Waals surface area contributed by atoms with Crippen molar-refractivity contribution in [2.45, 2.75) is 44.8 Å². The highest BCUT2D eigenvalue weighted by molar-refractivity contribution is 6.30. The van der Waals surface area contributed by atoms with Crippen molar-refractivity contribution >= 4 is 30.0 Å². The average molecular weight is 454 g/mol. The third kappa shape index (κ3) is 7.17. The Morgan fingerprint density at radius 3 is 2.87 bits per heavy atom. The fourth-order valence-electron chi connectivity index (χ4n) is 3.66. The number of carbonyl (C=O) groups excluding carboxylic acids is 1. The maximum Gasteiger partial charge on any atom is 0.344 e. The number of aryl methyl sites for hydroxylation is 1. The number of nitrogens with one attached hydrogen (secondary N) is 1. The third-order valence-electron chi connectivity index (χ3n) is 5.14. The molecular weight excluding hydrogens is 425 g/mol. The van der Waals surface area contributed by atoms with E-state index in [-0.39, 0.29) is 25.0 Å². The Morgan fingerprint density at radius 2 is 2.10 bits per heavy atom. The number of aliphatic hydroxyl groups excluding tert-OH is 1. The van der Waals surface area contributed by atoms with Crippen molar-refractivity contribution in [3.63, 3.8) is 0 Å². The average Bonchev–Trinajstić information content (AvgIpc) is 2.92. The van der Waals surface area contributed by atoms with Crippen LogP contribution in [-0.2, 0) is 22.4 Å². The summed E-state index contributed by atoms with van der Waals surface area (Å²) < 4.78 is 10.5. The molecule has 2 aromatic carbocycles. The molecule has 0 fully saturated rings. The number of aliphatic hydroxyl groups is 1. The molecule has 0 spiro atoms. The van der Waals surface area contributed by atoms with E-state index in [1.54, 1.807) is 19.1 Å². The molecule has 2 N–H and O–H groups in total. The monoisotopic (exact) mass is 453 g/mol. The Morgan fingerprint density at radius 1 is 1.27 bits per heavy atom. The van der Waals surface area contributed by atoms with Crippen LogP contribution in [0, 0.1) is 0 Å². The molecule has 2 aromatic rings. The Hall–Kier alpha value is -1.79. The van der Waals surface area contributed by atoms with Crippen LogP contribution in [0.15, 0.2) is 42.5 Å². The molecule has 164 valence electrons. The molecule has 0 amide bonds. The van der Waals surface area contributed by atoms with Gasteiger partial charge in [-0.3, -0.25) is 0 Å². The molecule has 2 atom stereocenters. The molecule has 5 nitrogen and oxygen atoms in total. The number of benzene rings is 2. The molecule has 30 heavy (non-hydrogen) atoms. The van der Waals surface area contributed by atoms with E-state index < -0.39 is 6.10 Å². The molecule has 7 heteroatoms. The molecule has 0 bridgehead atoms. The minimum absolute atomic E-state index is 0.